The van der Waals surface area contributed by atoms with E-state index in [1.165, 1.54) is 18.2 Å². The van der Waals surface area contributed by atoms with Crippen LogP contribution in [0.2, 0.25) is 0 Å². The smallest absolute Gasteiger partial charge is 0.239 e. The Kier molecular flexibility index (Phi) is 4.49. The minimum Gasteiger partial charge on any atom is -0.353 e. The van der Waals surface area contributed by atoms with Crippen molar-refractivity contribution < 1.29 is 13.6 Å². The van der Waals surface area contributed by atoms with Crippen molar-refractivity contribution in [3.8, 4) is 11.3 Å². The Labute approximate surface area is 195 Å². The fourth-order valence-electron chi connectivity index (χ4n) is 6.30. The molecule has 2 aromatic heterocycles. The second-order valence-corrected chi connectivity index (χ2v) is 9.86. The first-order valence-corrected chi connectivity index (χ1v) is 11.5. The topological polar surface area (TPSA) is 83.9 Å². The van der Waals surface area contributed by atoms with E-state index in [9.17, 15) is 13.6 Å². The van der Waals surface area contributed by atoms with Gasteiger partial charge in [0.15, 0.2) is 0 Å². The monoisotopic (exact) mass is 462 g/mol. The standard InChI is InChI=1S/C25H24F2N6O/c1-24(2)15-6-8-25(24,19-7-9-29-23(30-19)33-11-10-28-20(34)13-33)22-14(15)12-18(31-32-22)21-16(26)4-3-5-17(21)27/h3-5,7,9,12,15H,6,8,10-11,13H2,1-2H3,(H,28,34)/t15-,25-/m0/s1. The van der Waals surface area contributed by atoms with Gasteiger partial charge >= 0.3 is 0 Å². The number of aromatic nitrogens is 4. The van der Waals surface area contributed by atoms with Crippen molar-refractivity contribution in [3.63, 3.8) is 0 Å². The van der Waals surface area contributed by atoms with Crippen LogP contribution in [0.25, 0.3) is 11.3 Å². The molecule has 1 saturated carbocycles. The summed E-state index contributed by atoms with van der Waals surface area (Å²) in [4.78, 5) is 23.1. The van der Waals surface area contributed by atoms with Gasteiger partial charge in [0.05, 0.1) is 34.6 Å². The third kappa shape index (κ3) is 2.75. The molecule has 0 unspecified atom stereocenters. The number of fused-ring (bicyclic) bond motifs is 5. The zero-order valence-corrected chi connectivity index (χ0v) is 19.0. The molecular formula is C25H24F2N6O. The molecule has 34 heavy (non-hydrogen) atoms. The molecule has 2 bridgehead atoms. The Morgan fingerprint density at radius 3 is 2.71 bits per heavy atom. The van der Waals surface area contributed by atoms with Crippen LogP contribution >= 0.6 is 0 Å². The number of amides is 1. The summed E-state index contributed by atoms with van der Waals surface area (Å²) < 4.78 is 28.9. The van der Waals surface area contributed by atoms with Crippen LogP contribution in [-0.4, -0.2) is 45.7 Å². The maximum atomic E-state index is 14.5. The molecular weight excluding hydrogens is 438 g/mol. The summed E-state index contributed by atoms with van der Waals surface area (Å²) >= 11 is 0. The SMILES string of the molecule is CC1(C)[C@H]2CC[C@]1(c1ccnc(N3CCNC(=O)C3)n1)c1nnc(-c3c(F)cccc3F)cc12. The molecule has 7 nitrogen and oxygen atoms in total. The van der Waals surface area contributed by atoms with E-state index in [0.29, 0.717) is 19.0 Å². The Balaban J connectivity index is 1.48. The Bertz CT molecular complexity index is 1310. The highest BCUT2D eigenvalue weighted by Crippen LogP contribution is 2.69. The third-order valence-electron chi connectivity index (χ3n) is 8.00. The van der Waals surface area contributed by atoms with Gasteiger partial charge in [0.25, 0.3) is 0 Å². The maximum absolute atomic E-state index is 14.5. The van der Waals surface area contributed by atoms with Crippen LogP contribution in [0.1, 0.15) is 49.6 Å². The average Bonchev–Trinajstić information content (AvgIpc) is 3.20. The van der Waals surface area contributed by atoms with Crippen LogP contribution in [-0.2, 0) is 10.2 Å². The number of rotatable bonds is 3. The van der Waals surface area contributed by atoms with E-state index in [4.69, 9.17) is 4.98 Å². The molecule has 2 aliphatic carbocycles. The molecule has 3 aliphatic rings. The number of carbonyl (C=O) groups excluding carboxylic acids is 1. The minimum atomic E-state index is -0.655. The normalized spacial score (nSPS) is 24.8. The van der Waals surface area contributed by atoms with Crippen molar-refractivity contribution in [1.29, 1.82) is 0 Å². The van der Waals surface area contributed by atoms with E-state index in [0.717, 1.165) is 29.8 Å². The van der Waals surface area contributed by atoms with E-state index in [1.54, 1.807) is 12.3 Å². The largest absolute Gasteiger partial charge is 0.353 e. The van der Waals surface area contributed by atoms with Gasteiger partial charge in [-0.25, -0.2) is 18.7 Å². The lowest BCUT2D eigenvalue weighted by atomic mass is 9.66. The van der Waals surface area contributed by atoms with Crippen LogP contribution in [0.5, 0.6) is 0 Å². The van der Waals surface area contributed by atoms with Gasteiger partial charge in [-0.15, -0.1) is 5.10 Å². The lowest BCUT2D eigenvalue weighted by Crippen LogP contribution is -2.48. The third-order valence-corrected chi connectivity index (χ3v) is 8.00. The molecule has 1 aromatic carbocycles. The number of piperazine rings is 1. The lowest BCUT2D eigenvalue weighted by molar-refractivity contribution is -0.120. The van der Waals surface area contributed by atoms with Crippen molar-refractivity contribution in [2.24, 2.45) is 5.41 Å². The number of hydrogen-bond acceptors (Lipinski definition) is 6. The van der Waals surface area contributed by atoms with E-state index in [-0.39, 0.29) is 35.0 Å². The van der Waals surface area contributed by atoms with Crippen LogP contribution < -0.4 is 10.2 Å². The lowest BCUT2D eigenvalue weighted by Gasteiger charge is -2.38. The molecule has 3 heterocycles. The average molecular weight is 463 g/mol. The van der Waals surface area contributed by atoms with E-state index < -0.39 is 17.0 Å². The first-order valence-electron chi connectivity index (χ1n) is 11.5. The fourth-order valence-corrected chi connectivity index (χ4v) is 6.30. The van der Waals surface area contributed by atoms with Crippen molar-refractivity contribution in [1.82, 2.24) is 25.5 Å². The summed E-state index contributed by atoms with van der Waals surface area (Å²) in [7, 11) is 0. The molecule has 6 rings (SSSR count). The number of halogens is 2. The predicted molar refractivity (Wildman–Crippen MR) is 121 cm³/mol. The highest BCUT2D eigenvalue weighted by atomic mass is 19.1. The van der Waals surface area contributed by atoms with Gasteiger partial charge in [-0.2, -0.15) is 5.10 Å². The van der Waals surface area contributed by atoms with Crippen molar-refractivity contribution in [3.05, 3.63) is 65.1 Å². The number of anilines is 1. The Hall–Kier alpha value is -3.49. The number of carbonyl (C=O) groups is 1. The van der Waals surface area contributed by atoms with Crippen molar-refractivity contribution in [2.45, 2.75) is 38.0 Å². The maximum Gasteiger partial charge on any atom is 0.239 e. The van der Waals surface area contributed by atoms with E-state index in [1.807, 2.05) is 11.0 Å². The fraction of sp³-hybridized carbons (Fsp3) is 0.400. The summed E-state index contributed by atoms with van der Waals surface area (Å²) in [6.45, 7) is 5.81. The predicted octanol–water partition coefficient (Wildman–Crippen LogP) is 3.35. The quantitative estimate of drug-likeness (QED) is 0.643. The van der Waals surface area contributed by atoms with Crippen LogP contribution in [0.15, 0.2) is 36.5 Å². The molecule has 1 aliphatic heterocycles. The minimum absolute atomic E-state index is 0.0512. The summed E-state index contributed by atoms with van der Waals surface area (Å²) in [6, 6.07) is 7.52. The van der Waals surface area contributed by atoms with E-state index >= 15 is 0 Å². The second-order valence-electron chi connectivity index (χ2n) is 9.86. The molecule has 0 radical (unpaired) electrons. The molecule has 1 N–H and O–H groups in total. The Morgan fingerprint density at radius 1 is 1.15 bits per heavy atom. The van der Waals surface area contributed by atoms with Gasteiger partial charge in [0.1, 0.15) is 11.6 Å². The molecule has 3 aromatic rings. The highest BCUT2D eigenvalue weighted by Gasteiger charge is 2.65. The first-order chi connectivity index (χ1) is 16.3. The second kappa shape index (κ2) is 7.25. The zero-order valence-electron chi connectivity index (χ0n) is 19.0. The van der Waals surface area contributed by atoms with Gasteiger partial charge < -0.3 is 10.2 Å². The molecule has 2 fully saturated rings. The van der Waals surface area contributed by atoms with Crippen LogP contribution in [0.3, 0.4) is 0 Å². The van der Waals surface area contributed by atoms with E-state index in [2.05, 4.69) is 34.3 Å². The molecule has 2 atom stereocenters. The highest BCUT2D eigenvalue weighted by molar-refractivity contribution is 5.81. The van der Waals surface area contributed by atoms with Crippen molar-refractivity contribution in [2.75, 3.05) is 24.5 Å². The summed E-state index contributed by atoms with van der Waals surface area (Å²) in [5.74, 6) is -0.683. The molecule has 1 saturated heterocycles. The number of benzene rings is 1. The van der Waals surface area contributed by atoms with Gasteiger partial charge in [0.2, 0.25) is 11.9 Å². The van der Waals surface area contributed by atoms with Gasteiger partial charge in [-0.3, -0.25) is 4.79 Å². The summed E-state index contributed by atoms with van der Waals surface area (Å²) in [5.41, 5.74) is 1.95. The van der Waals surface area contributed by atoms with Gasteiger partial charge in [-0.05, 0) is 54.0 Å². The first kappa shape index (κ1) is 21.1. The molecule has 0 spiro atoms. The van der Waals surface area contributed by atoms with Gasteiger partial charge in [0, 0.05) is 19.3 Å². The van der Waals surface area contributed by atoms with Crippen LogP contribution in [0.4, 0.5) is 14.7 Å². The number of nitrogens with one attached hydrogen (secondary N) is 1. The molecule has 174 valence electrons. The Morgan fingerprint density at radius 2 is 1.94 bits per heavy atom. The zero-order chi connectivity index (χ0) is 23.7. The number of nitrogens with zero attached hydrogens (tertiary/aromatic N) is 5. The van der Waals surface area contributed by atoms with Crippen LogP contribution in [0, 0.1) is 17.0 Å². The molecule has 1 amide bonds. The van der Waals surface area contributed by atoms with Gasteiger partial charge in [-0.1, -0.05) is 19.9 Å². The number of hydrogen-bond donors (Lipinski definition) is 1. The molecule has 9 heteroatoms. The summed E-state index contributed by atoms with van der Waals surface area (Å²) in [6.07, 6.45) is 3.49. The summed E-state index contributed by atoms with van der Waals surface area (Å²) in [5, 5.41) is 11.7. The van der Waals surface area contributed by atoms with Crippen molar-refractivity contribution >= 4 is 11.9 Å².